The SMILES string of the molecule is CO[Si](CC[Si]1(C)OCCCC[SiH](C)O1)(OC)OC.CO[Si](CC[Si]1(C)OCCCC[SiH](C)O1)(OC)OC. The van der Waals surface area contributed by atoms with Crippen LogP contribution < -0.4 is 0 Å². The van der Waals surface area contributed by atoms with Gasteiger partial charge in [0.05, 0.1) is 0 Å². The second kappa shape index (κ2) is 18.4. The van der Waals surface area contributed by atoms with Gasteiger partial charge in [0.2, 0.25) is 0 Å². The second-order valence-electron chi connectivity index (χ2n) is 10.4. The maximum absolute atomic E-state index is 6.32. The van der Waals surface area contributed by atoms with Gasteiger partial charge in [0.1, 0.15) is 0 Å². The van der Waals surface area contributed by atoms with Gasteiger partial charge in [0, 0.05) is 68.0 Å². The summed E-state index contributed by atoms with van der Waals surface area (Å²) in [6.07, 6.45) is 4.80. The first-order chi connectivity index (χ1) is 18.0. The summed E-state index contributed by atoms with van der Waals surface area (Å²) in [5.74, 6) is 0. The molecule has 0 aromatic carbocycles. The summed E-state index contributed by atoms with van der Waals surface area (Å²) in [5.41, 5.74) is 0. The van der Waals surface area contributed by atoms with Crippen molar-refractivity contribution in [3.63, 3.8) is 0 Å². The molecule has 2 aliphatic heterocycles. The highest BCUT2D eigenvalue weighted by Gasteiger charge is 2.45. The molecular formula is C22H56O10Si6. The highest BCUT2D eigenvalue weighted by molar-refractivity contribution is 6.76. The zero-order valence-electron chi connectivity index (χ0n) is 25.7. The Hall–Kier alpha value is 0.901. The fraction of sp³-hybridized carbons (Fsp3) is 1.00. The van der Waals surface area contributed by atoms with Gasteiger partial charge in [-0.3, -0.25) is 0 Å². The molecule has 2 saturated heterocycles. The van der Waals surface area contributed by atoms with Crippen LogP contribution in [0.4, 0.5) is 0 Å². The normalized spacial score (nSPS) is 29.8. The van der Waals surface area contributed by atoms with Crippen molar-refractivity contribution in [1.82, 2.24) is 0 Å². The Bertz CT molecular complexity index is 565. The van der Waals surface area contributed by atoms with Crippen molar-refractivity contribution in [2.75, 3.05) is 55.9 Å². The van der Waals surface area contributed by atoms with Gasteiger partial charge in [-0.05, 0) is 63.2 Å². The Kier molecular flexibility index (Phi) is 17.9. The first-order valence-electron chi connectivity index (χ1n) is 13.9. The first kappa shape index (κ1) is 36.9. The molecule has 0 radical (unpaired) electrons. The highest BCUT2D eigenvalue weighted by Crippen LogP contribution is 2.28. The molecule has 0 N–H and O–H groups in total. The second-order valence-corrected chi connectivity index (χ2v) is 29.0. The van der Waals surface area contributed by atoms with E-state index in [1.807, 2.05) is 0 Å². The standard InChI is InChI=1S/2C11H28O5Si3/c2*1-12-19(13-2,14-3)11-10-18(5)15-8-6-7-9-17(4)16-18/h2*17H,6-11H2,1-5H3. The van der Waals surface area contributed by atoms with Crippen molar-refractivity contribution in [3.05, 3.63) is 0 Å². The zero-order chi connectivity index (χ0) is 28.7. The van der Waals surface area contributed by atoms with E-state index in [1.165, 1.54) is 24.9 Å². The lowest BCUT2D eigenvalue weighted by atomic mass is 10.4. The molecule has 0 aromatic heterocycles. The van der Waals surface area contributed by atoms with Gasteiger partial charge in [0.15, 0.2) is 18.1 Å². The van der Waals surface area contributed by atoms with E-state index in [4.69, 9.17) is 43.6 Å². The Morgan fingerprint density at radius 3 is 1.18 bits per heavy atom. The summed E-state index contributed by atoms with van der Waals surface area (Å²) in [5, 5.41) is 0. The van der Waals surface area contributed by atoms with E-state index in [1.54, 1.807) is 42.7 Å². The summed E-state index contributed by atoms with van der Waals surface area (Å²) in [6.45, 7) is 10.5. The van der Waals surface area contributed by atoms with Crippen LogP contribution in [0.5, 0.6) is 0 Å². The third-order valence-corrected chi connectivity index (χ3v) is 27.4. The van der Waals surface area contributed by atoms with Crippen LogP contribution in [0.1, 0.15) is 25.7 Å². The lowest BCUT2D eigenvalue weighted by Crippen LogP contribution is -2.49. The summed E-state index contributed by atoms with van der Waals surface area (Å²) in [7, 11) is -1.42. The van der Waals surface area contributed by atoms with Crippen LogP contribution in [0.2, 0.25) is 62.5 Å². The van der Waals surface area contributed by atoms with Crippen LogP contribution in [0.15, 0.2) is 0 Å². The molecule has 228 valence electrons. The smallest absolute Gasteiger partial charge is 0.439 e. The van der Waals surface area contributed by atoms with Crippen molar-refractivity contribution in [3.8, 4) is 0 Å². The van der Waals surface area contributed by atoms with E-state index >= 15 is 0 Å². The van der Waals surface area contributed by atoms with Crippen LogP contribution in [-0.4, -0.2) is 109 Å². The van der Waals surface area contributed by atoms with Crippen molar-refractivity contribution < 1.29 is 43.6 Å². The molecule has 0 spiro atoms. The molecule has 0 aliphatic carbocycles. The molecule has 0 aromatic rings. The summed E-state index contributed by atoms with van der Waals surface area (Å²) in [4.78, 5) is 0. The van der Waals surface area contributed by atoms with E-state index in [9.17, 15) is 0 Å². The molecule has 2 fully saturated rings. The lowest BCUT2D eigenvalue weighted by Gasteiger charge is -2.34. The Balaban J connectivity index is 0.000000380. The first-order valence-corrected chi connectivity index (χ1v) is 27.7. The third-order valence-electron chi connectivity index (χ3n) is 7.36. The van der Waals surface area contributed by atoms with E-state index < -0.39 is 52.8 Å². The van der Waals surface area contributed by atoms with E-state index in [2.05, 4.69) is 26.2 Å². The molecule has 38 heavy (non-hydrogen) atoms. The fourth-order valence-corrected chi connectivity index (χ4v) is 25.5. The minimum atomic E-state index is -2.51. The number of hydrogen-bond donors (Lipinski definition) is 0. The molecule has 4 atom stereocenters. The average Bonchev–Trinajstić information content (AvgIpc) is 2.89. The number of hydrogen-bond acceptors (Lipinski definition) is 10. The Morgan fingerprint density at radius 1 is 0.579 bits per heavy atom. The van der Waals surface area contributed by atoms with Gasteiger partial charge >= 0.3 is 34.7 Å². The largest absolute Gasteiger partial charge is 0.500 e. The zero-order valence-corrected chi connectivity index (χ0v) is 32.0. The minimum absolute atomic E-state index is 0.764. The van der Waals surface area contributed by atoms with Crippen molar-refractivity contribution in [2.24, 2.45) is 0 Å². The maximum atomic E-state index is 6.32. The topological polar surface area (TPSA) is 92.3 Å². The van der Waals surface area contributed by atoms with Crippen LogP contribution in [-0.2, 0) is 43.6 Å². The van der Waals surface area contributed by atoms with Gasteiger partial charge in [-0.25, -0.2) is 0 Å². The van der Waals surface area contributed by atoms with Crippen molar-refractivity contribution >= 4 is 52.8 Å². The van der Waals surface area contributed by atoms with Crippen LogP contribution >= 0.6 is 0 Å². The van der Waals surface area contributed by atoms with Gasteiger partial charge in [-0.2, -0.15) is 0 Å². The van der Waals surface area contributed by atoms with Gasteiger partial charge in [0.25, 0.3) is 0 Å². The van der Waals surface area contributed by atoms with Gasteiger partial charge < -0.3 is 43.6 Å². The molecular weight excluding hydrogens is 593 g/mol. The molecule has 4 unspecified atom stereocenters. The highest BCUT2D eigenvalue weighted by atomic mass is 28.4. The molecule has 2 heterocycles. The summed E-state index contributed by atoms with van der Waals surface area (Å²) < 4.78 is 57.6. The predicted molar refractivity (Wildman–Crippen MR) is 164 cm³/mol. The van der Waals surface area contributed by atoms with E-state index in [0.29, 0.717) is 0 Å². The summed E-state index contributed by atoms with van der Waals surface area (Å²) in [6, 6.07) is 5.81. The minimum Gasteiger partial charge on any atom is -0.439 e. The summed E-state index contributed by atoms with van der Waals surface area (Å²) >= 11 is 0. The lowest BCUT2D eigenvalue weighted by molar-refractivity contribution is 0.123. The molecule has 2 aliphatic rings. The van der Waals surface area contributed by atoms with Crippen LogP contribution in [0.3, 0.4) is 0 Å². The third kappa shape index (κ3) is 12.8. The van der Waals surface area contributed by atoms with E-state index in [0.717, 1.165) is 50.2 Å². The molecule has 0 bridgehead atoms. The average molecular weight is 649 g/mol. The van der Waals surface area contributed by atoms with Crippen molar-refractivity contribution in [1.29, 1.82) is 0 Å². The Morgan fingerprint density at radius 2 is 0.895 bits per heavy atom. The monoisotopic (exact) mass is 648 g/mol. The van der Waals surface area contributed by atoms with Gasteiger partial charge in [-0.15, -0.1) is 0 Å². The Labute approximate surface area is 239 Å². The maximum Gasteiger partial charge on any atom is 0.500 e. The predicted octanol–water partition coefficient (Wildman–Crippen LogP) is 4.23. The molecule has 16 heteroatoms. The van der Waals surface area contributed by atoms with E-state index in [-0.39, 0.29) is 0 Å². The van der Waals surface area contributed by atoms with Gasteiger partial charge in [-0.1, -0.05) is 12.8 Å². The fourth-order valence-electron chi connectivity index (χ4n) is 4.82. The molecule has 0 amide bonds. The number of rotatable bonds is 12. The van der Waals surface area contributed by atoms with Crippen LogP contribution in [0, 0.1) is 0 Å². The quantitative estimate of drug-likeness (QED) is 0.286. The van der Waals surface area contributed by atoms with Crippen molar-refractivity contribution in [2.45, 2.75) is 88.1 Å². The van der Waals surface area contributed by atoms with Crippen LogP contribution in [0.25, 0.3) is 0 Å². The molecule has 10 nitrogen and oxygen atoms in total. The molecule has 2 rings (SSSR count). The molecule has 0 saturated carbocycles.